The van der Waals surface area contributed by atoms with Crippen molar-refractivity contribution in [1.82, 2.24) is 5.32 Å². The van der Waals surface area contributed by atoms with E-state index in [1.54, 1.807) is 0 Å². The number of rotatable bonds is 2. The normalized spacial score (nSPS) is 27.6. The summed E-state index contributed by atoms with van der Waals surface area (Å²) < 4.78 is 0. The molecule has 4 heteroatoms. The Hall–Kier alpha value is -1.06. The fourth-order valence-electron chi connectivity index (χ4n) is 3.04. The third-order valence-corrected chi connectivity index (χ3v) is 4.49. The van der Waals surface area contributed by atoms with Crippen LogP contribution in [0.5, 0.6) is 0 Å². The topological polar surface area (TPSA) is 24.1 Å². The minimum atomic E-state index is 0.489. The number of fused-ring (bicyclic) bond motifs is 2. The number of hydrogen-bond acceptors (Lipinski definition) is 1. The molecule has 1 saturated carbocycles. The van der Waals surface area contributed by atoms with Gasteiger partial charge in [0.1, 0.15) is 0 Å². The van der Waals surface area contributed by atoms with Crippen molar-refractivity contribution in [2.75, 3.05) is 5.32 Å². The number of hydrogen-bond donors (Lipinski definition) is 2. The summed E-state index contributed by atoms with van der Waals surface area (Å²) in [5, 5.41) is 8.15. The van der Waals surface area contributed by atoms with E-state index in [4.69, 9.17) is 23.8 Å². The summed E-state index contributed by atoms with van der Waals surface area (Å²) >= 11 is 11.4. The van der Waals surface area contributed by atoms with Gasteiger partial charge in [-0.25, -0.2) is 0 Å². The molecule has 1 aromatic carbocycles. The highest BCUT2D eigenvalue weighted by Gasteiger charge is 2.35. The molecule has 2 nitrogen and oxygen atoms in total. The first kappa shape index (κ1) is 12.9. The zero-order chi connectivity index (χ0) is 13.4. The predicted octanol–water partition coefficient (Wildman–Crippen LogP) is 3.90. The van der Waals surface area contributed by atoms with Crippen LogP contribution in [0.15, 0.2) is 30.4 Å². The number of halogens is 1. The summed E-state index contributed by atoms with van der Waals surface area (Å²) in [5.41, 5.74) is 2.12. The molecule has 1 aromatic rings. The first-order chi connectivity index (χ1) is 9.11. The molecule has 0 spiro atoms. The molecule has 0 aliphatic heterocycles. The maximum Gasteiger partial charge on any atom is 0.171 e. The number of allylic oxidation sites excluding steroid dienone is 1. The van der Waals surface area contributed by atoms with Gasteiger partial charge < -0.3 is 10.6 Å². The molecule has 19 heavy (non-hydrogen) atoms. The summed E-state index contributed by atoms with van der Waals surface area (Å²) in [6.07, 6.45) is 7.13. The van der Waals surface area contributed by atoms with Gasteiger partial charge in [0.15, 0.2) is 5.11 Å². The van der Waals surface area contributed by atoms with Crippen LogP contribution in [0.25, 0.3) is 0 Å². The Bertz CT molecular complexity index is 541. The second-order valence-electron chi connectivity index (χ2n) is 5.44. The van der Waals surface area contributed by atoms with E-state index in [1.807, 2.05) is 25.1 Å². The molecular weight excluding hydrogens is 276 g/mol. The van der Waals surface area contributed by atoms with Crippen LogP contribution < -0.4 is 10.6 Å². The molecule has 100 valence electrons. The molecule has 0 radical (unpaired) electrons. The van der Waals surface area contributed by atoms with Crippen molar-refractivity contribution in [3.63, 3.8) is 0 Å². The number of benzene rings is 1. The zero-order valence-electron chi connectivity index (χ0n) is 10.8. The van der Waals surface area contributed by atoms with Crippen molar-refractivity contribution in [2.24, 2.45) is 11.8 Å². The van der Waals surface area contributed by atoms with Crippen LogP contribution in [0.2, 0.25) is 5.02 Å². The highest BCUT2D eigenvalue weighted by atomic mass is 35.5. The van der Waals surface area contributed by atoms with Crippen molar-refractivity contribution in [1.29, 1.82) is 0 Å². The van der Waals surface area contributed by atoms with Gasteiger partial charge in [-0.3, -0.25) is 0 Å². The van der Waals surface area contributed by atoms with E-state index in [-0.39, 0.29) is 0 Å². The molecule has 2 bridgehead atoms. The lowest BCUT2D eigenvalue weighted by atomic mass is 10.0. The molecule has 0 amide bonds. The minimum Gasteiger partial charge on any atom is -0.359 e. The molecular formula is C15H17ClN2S. The van der Waals surface area contributed by atoms with Gasteiger partial charge in [-0.1, -0.05) is 23.8 Å². The van der Waals surface area contributed by atoms with E-state index >= 15 is 0 Å². The first-order valence-electron chi connectivity index (χ1n) is 6.64. The molecule has 3 atom stereocenters. The quantitative estimate of drug-likeness (QED) is 0.638. The van der Waals surface area contributed by atoms with Crippen LogP contribution in [0.3, 0.4) is 0 Å². The van der Waals surface area contributed by atoms with Crippen molar-refractivity contribution in [3.8, 4) is 0 Å². The van der Waals surface area contributed by atoms with Gasteiger partial charge in [0.25, 0.3) is 0 Å². The number of aryl methyl sites for hydroxylation is 1. The average molecular weight is 293 g/mol. The van der Waals surface area contributed by atoms with Gasteiger partial charge in [-0.2, -0.15) is 0 Å². The Kier molecular flexibility index (Phi) is 3.50. The van der Waals surface area contributed by atoms with Crippen LogP contribution in [0, 0.1) is 18.8 Å². The second-order valence-corrected chi connectivity index (χ2v) is 6.29. The second kappa shape index (κ2) is 5.14. The fourth-order valence-corrected chi connectivity index (χ4v) is 3.53. The fraction of sp³-hybridized carbons (Fsp3) is 0.400. The molecule has 3 unspecified atom stereocenters. The Balaban J connectivity index is 1.61. The van der Waals surface area contributed by atoms with E-state index in [2.05, 4.69) is 22.8 Å². The maximum absolute atomic E-state index is 5.95. The smallest absolute Gasteiger partial charge is 0.171 e. The largest absolute Gasteiger partial charge is 0.359 e. The van der Waals surface area contributed by atoms with Gasteiger partial charge in [-0.15, -0.1) is 0 Å². The molecule has 3 rings (SSSR count). The molecule has 2 aliphatic carbocycles. The van der Waals surface area contributed by atoms with Crippen LogP contribution in [-0.4, -0.2) is 11.2 Å². The molecule has 0 aromatic heterocycles. The third-order valence-electron chi connectivity index (χ3n) is 4.03. The number of thiocarbonyl (C=S) groups is 1. The predicted molar refractivity (Wildman–Crippen MR) is 84.7 cm³/mol. The summed E-state index contributed by atoms with van der Waals surface area (Å²) in [6.45, 7) is 2.02. The monoisotopic (exact) mass is 292 g/mol. The van der Waals surface area contributed by atoms with Crippen molar-refractivity contribution < 1.29 is 0 Å². The summed E-state index contributed by atoms with van der Waals surface area (Å²) in [6, 6.07) is 6.27. The summed E-state index contributed by atoms with van der Waals surface area (Å²) in [7, 11) is 0. The molecule has 0 saturated heterocycles. The number of nitrogens with one attached hydrogen (secondary N) is 2. The van der Waals surface area contributed by atoms with E-state index in [9.17, 15) is 0 Å². The van der Waals surface area contributed by atoms with Gasteiger partial charge >= 0.3 is 0 Å². The Morgan fingerprint density at radius 2 is 2.16 bits per heavy atom. The minimum absolute atomic E-state index is 0.489. The molecule has 1 fully saturated rings. The molecule has 2 N–H and O–H groups in total. The van der Waals surface area contributed by atoms with Crippen LogP contribution in [0.1, 0.15) is 18.4 Å². The van der Waals surface area contributed by atoms with E-state index in [1.165, 1.54) is 12.8 Å². The van der Waals surface area contributed by atoms with Gasteiger partial charge in [-0.05, 0) is 67.6 Å². The number of anilines is 1. The lowest BCUT2D eigenvalue weighted by molar-refractivity contribution is 0.526. The van der Waals surface area contributed by atoms with Gasteiger partial charge in [0, 0.05) is 16.8 Å². The lowest BCUT2D eigenvalue weighted by Gasteiger charge is -2.22. The van der Waals surface area contributed by atoms with Gasteiger partial charge in [0.2, 0.25) is 0 Å². The molecule has 2 aliphatic rings. The van der Waals surface area contributed by atoms with Crippen LogP contribution in [0.4, 0.5) is 5.69 Å². The third kappa shape index (κ3) is 2.77. The Labute approximate surface area is 124 Å². The average Bonchev–Trinajstić information content (AvgIpc) is 2.95. The maximum atomic E-state index is 5.95. The van der Waals surface area contributed by atoms with E-state index in [0.29, 0.717) is 17.1 Å². The van der Waals surface area contributed by atoms with Crippen LogP contribution in [-0.2, 0) is 0 Å². The zero-order valence-corrected chi connectivity index (χ0v) is 12.4. The highest BCUT2D eigenvalue weighted by Crippen LogP contribution is 2.38. The highest BCUT2D eigenvalue weighted by molar-refractivity contribution is 7.80. The Morgan fingerprint density at radius 3 is 2.79 bits per heavy atom. The van der Waals surface area contributed by atoms with Crippen molar-refractivity contribution in [3.05, 3.63) is 40.9 Å². The van der Waals surface area contributed by atoms with Crippen molar-refractivity contribution >= 4 is 34.6 Å². The molecule has 0 heterocycles. The van der Waals surface area contributed by atoms with E-state index < -0.39 is 0 Å². The summed E-state index contributed by atoms with van der Waals surface area (Å²) in [4.78, 5) is 0. The SMILES string of the molecule is Cc1cc(Cl)ccc1NC(=S)NC1CC2C=CC1C2. The lowest BCUT2D eigenvalue weighted by Crippen LogP contribution is -2.40. The Morgan fingerprint density at radius 1 is 1.32 bits per heavy atom. The summed E-state index contributed by atoms with van der Waals surface area (Å²) in [5.74, 6) is 1.40. The van der Waals surface area contributed by atoms with Gasteiger partial charge in [0.05, 0.1) is 0 Å². The van der Waals surface area contributed by atoms with E-state index in [0.717, 1.165) is 22.2 Å². The van der Waals surface area contributed by atoms with Crippen molar-refractivity contribution in [2.45, 2.75) is 25.8 Å². The standard InChI is InChI=1S/C15H17ClN2S/c1-9-6-12(16)4-5-13(9)17-15(19)18-14-8-10-2-3-11(14)7-10/h2-6,10-11,14H,7-8H2,1H3,(H2,17,18,19). The first-order valence-corrected chi connectivity index (χ1v) is 7.42. The van der Waals surface area contributed by atoms with Crippen LogP contribution >= 0.6 is 23.8 Å².